The van der Waals surface area contributed by atoms with Crippen LogP contribution in [-0.2, 0) is 4.74 Å². The molecular weight excluding hydrogens is 224 g/mol. The summed E-state index contributed by atoms with van der Waals surface area (Å²) in [6, 6.07) is 0. The lowest BCUT2D eigenvalue weighted by molar-refractivity contribution is -0.0442. The number of rotatable bonds is 12. The Bertz CT molecular complexity index is 138. The monoisotopic (exact) mass is 250 g/mol. The normalized spacial score (nSPS) is 14.8. The van der Waals surface area contributed by atoms with E-state index in [1.165, 1.54) is 0 Å². The zero-order chi connectivity index (χ0) is 12.9. The van der Waals surface area contributed by atoms with Crippen molar-refractivity contribution in [1.29, 1.82) is 0 Å². The Labute approximate surface area is 103 Å². The number of aliphatic hydroxyl groups is 4. The van der Waals surface area contributed by atoms with Crippen molar-refractivity contribution in [2.45, 2.75) is 50.7 Å². The third-order valence-electron chi connectivity index (χ3n) is 2.66. The molecule has 0 spiro atoms. The van der Waals surface area contributed by atoms with Crippen LogP contribution in [0.2, 0.25) is 0 Å². The molecule has 0 bridgehead atoms. The number of hydrogen-bond acceptors (Lipinski definition) is 5. The molecule has 2 unspecified atom stereocenters. The number of aliphatic hydroxyl groups excluding tert-OH is 4. The summed E-state index contributed by atoms with van der Waals surface area (Å²) >= 11 is 0. The van der Waals surface area contributed by atoms with Crippen LogP contribution in [0.15, 0.2) is 0 Å². The van der Waals surface area contributed by atoms with Crippen molar-refractivity contribution in [1.82, 2.24) is 0 Å². The summed E-state index contributed by atoms with van der Waals surface area (Å²) in [6.07, 6.45) is 3.63. The minimum absolute atomic E-state index is 0.0575. The van der Waals surface area contributed by atoms with Gasteiger partial charge in [-0.15, -0.1) is 0 Å². The topological polar surface area (TPSA) is 90.2 Å². The standard InChI is InChI=1S/C12H26O5/c13-7-1-3-11(5-9-15)17-12(6-10-16)4-2-8-14/h11-16H,1-10H2. The second-order valence-corrected chi connectivity index (χ2v) is 4.14. The van der Waals surface area contributed by atoms with Crippen molar-refractivity contribution < 1.29 is 25.2 Å². The lowest BCUT2D eigenvalue weighted by Gasteiger charge is -2.24. The summed E-state index contributed by atoms with van der Waals surface area (Å²) in [7, 11) is 0. The fraction of sp³-hybridized carbons (Fsp3) is 1.00. The molecule has 2 atom stereocenters. The molecule has 0 amide bonds. The van der Waals surface area contributed by atoms with Crippen molar-refractivity contribution in [3.05, 3.63) is 0 Å². The van der Waals surface area contributed by atoms with Crippen LogP contribution in [-0.4, -0.2) is 59.1 Å². The van der Waals surface area contributed by atoms with E-state index in [4.69, 9.17) is 25.2 Å². The van der Waals surface area contributed by atoms with E-state index in [9.17, 15) is 0 Å². The van der Waals surface area contributed by atoms with Gasteiger partial charge in [-0.25, -0.2) is 0 Å². The maximum Gasteiger partial charge on any atom is 0.0601 e. The lowest BCUT2D eigenvalue weighted by Crippen LogP contribution is -2.25. The average Bonchev–Trinajstić information content (AvgIpc) is 2.33. The Hall–Kier alpha value is -0.200. The Morgan fingerprint density at radius 1 is 0.588 bits per heavy atom. The van der Waals surface area contributed by atoms with Gasteiger partial charge >= 0.3 is 0 Å². The highest BCUT2D eigenvalue weighted by atomic mass is 16.5. The molecule has 0 aromatic rings. The van der Waals surface area contributed by atoms with Gasteiger partial charge in [0.2, 0.25) is 0 Å². The second kappa shape index (κ2) is 12.3. The maximum absolute atomic E-state index is 8.92. The molecule has 4 N–H and O–H groups in total. The first kappa shape index (κ1) is 16.8. The fourth-order valence-electron chi connectivity index (χ4n) is 1.76. The molecule has 0 heterocycles. The molecule has 5 heteroatoms. The van der Waals surface area contributed by atoms with Gasteiger partial charge in [-0.1, -0.05) is 0 Å². The van der Waals surface area contributed by atoms with E-state index < -0.39 is 0 Å². The largest absolute Gasteiger partial charge is 0.396 e. The van der Waals surface area contributed by atoms with Crippen LogP contribution in [0.5, 0.6) is 0 Å². The van der Waals surface area contributed by atoms with Gasteiger partial charge in [-0.3, -0.25) is 0 Å². The first-order valence-corrected chi connectivity index (χ1v) is 6.37. The average molecular weight is 250 g/mol. The van der Waals surface area contributed by atoms with Gasteiger partial charge in [0.25, 0.3) is 0 Å². The molecule has 0 rings (SSSR count). The Morgan fingerprint density at radius 3 is 1.29 bits per heavy atom. The summed E-state index contributed by atoms with van der Waals surface area (Å²) in [4.78, 5) is 0. The third kappa shape index (κ3) is 9.50. The first-order valence-electron chi connectivity index (χ1n) is 6.37. The fourth-order valence-corrected chi connectivity index (χ4v) is 1.76. The summed E-state index contributed by atoms with van der Waals surface area (Å²) in [5, 5.41) is 35.4. The van der Waals surface area contributed by atoms with E-state index in [1.54, 1.807) is 0 Å². The minimum atomic E-state index is -0.0811. The van der Waals surface area contributed by atoms with E-state index in [0.717, 1.165) is 0 Å². The van der Waals surface area contributed by atoms with E-state index >= 15 is 0 Å². The third-order valence-corrected chi connectivity index (χ3v) is 2.66. The number of hydrogen-bond donors (Lipinski definition) is 4. The molecule has 0 saturated heterocycles. The smallest absolute Gasteiger partial charge is 0.0601 e. The summed E-state index contributed by atoms with van der Waals surface area (Å²) in [5.74, 6) is 0. The maximum atomic E-state index is 8.92. The molecule has 0 radical (unpaired) electrons. The van der Waals surface area contributed by atoms with Crippen molar-refractivity contribution in [2.24, 2.45) is 0 Å². The zero-order valence-electron chi connectivity index (χ0n) is 10.4. The van der Waals surface area contributed by atoms with Gasteiger partial charge in [-0.2, -0.15) is 0 Å². The van der Waals surface area contributed by atoms with E-state index in [0.29, 0.717) is 38.5 Å². The molecular formula is C12H26O5. The molecule has 0 aliphatic carbocycles. The molecule has 0 aliphatic rings. The second-order valence-electron chi connectivity index (χ2n) is 4.14. The van der Waals surface area contributed by atoms with Crippen LogP contribution >= 0.6 is 0 Å². The van der Waals surface area contributed by atoms with Gasteiger partial charge in [-0.05, 0) is 38.5 Å². The van der Waals surface area contributed by atoms with Crippen LogP contribution < -0.4 is 0 Å². The summed E-state index contributed by atoms with van der Waals surface area (Å²) in [5.41, 5.74) is 0. The van der Waals surface area contributed by atoms with Crippen LogP contribution in [0, 0.1) is 0 Å². The molecule has 5 nitrogen and oxygen atoms in total. The molecule has 0 fully saturated rings. The quantitative estimate of drug-likeness (QED) is 0.393. The SMILES string of the molecule is OCCCC(CCO)OC(CCO)CCCO. The molecule has 0 aromatic heterocycles. The minimum Gasteiger partial charge on any atom is -0.396 e. The van der Waals surface area contributed by atoms with Gasteiger partial charge in [0.05, 0.1) is 12.2 Å². The van der Waals surface area contributed by atoms with Crippen LogP contribution in [0.3, 0.4) is 0 Å². The molecule has 0 aromatic carbocycles. The van der Waals surface area contributed by atoms with Gasteiger partial charge in [0.15, 0.2) is 0 Å². The zero-order valence-corrected chi connectivity index (χ0v) is 10.4. The highest BCUT2D eigenvalue weighted by Crippen LogP contribution is 2.15. The van der Waals surface area contributed by atoms with Crippen LogP contribution in [0.25, 0.3) is 0 Å². The molecule has 104 valence electrons. The summed E-state index contributed by atoms with van der Waals surface area (Å²) in [6.45, 7) is 0.350. The highest BCUT2D eigenvalue weighted by Gasteiger charge is 2.15. The number of ether oxygens (including phenoxy) is 1. The van der Waals surface area contributed by atoms with Crippen molar-refractivity contribution in [2.75, 3.05) is 26.4 Å². The lowest BCUT2D eigenvalue weighted by atomic mass is 10.1. The van der Waals surface area contributed by atoms with Crippen molar-refractivity contribution >= 4 is 0 Å². The van der Waals surface area contributed by atoms with Crippen LogP contribution in [0.4, 0.5) is 0 Å². The Morgan fingerprint density at radius 2 is 1.00 bits per heavy atom. The van der Waals surface area contributed by atoms with Crippen molar-refractivity contribution in [3.63, 3.8) is 0 Å². The Kier molecular flexibility index (Phi) is 12.1. The first-order chi connectivity index (χ1) is 8.28. The van der Waals surface area contributed by atoms with Gasteiger partial charge in [0.1, 0.15) is 0 Å². The van der Waals surface area contributed by atoms with E-state index in [2.05, 4.69) is 0 Å². The van der Waals surface area contributed by atoms with E-state index in [1.807, 2.05) is 0 Å². The van der Waals surface area contributed by atoms with E-state index in [-0.39, 0.29) is 38.6 Å². The molecule has 0 saturated carbocycles. The van der Waals surface area contributed by atoms with Gasteiger partial charge in [0, 0.05) is 26.4 Å². The Balaban J connectivity index is 4.02. The molecule has 0 aliphatic heterocycles. The summed E-state index contributed by atoms with van der Waals surface area (Å²) < 4.78 is 5.79. The van der Waals surface area contributed by atoms with Gasteiger partial charge < -0.3 is 25.2 Å². The highest BCUT2D eigenvalue weighted by molar-refractivity contribution is 4.64. The molecule has 17 heavy (non-hydrogen) atoms. The van der Waals surface area contributed by atoms with Crippen molar-refractivity contribution in [3.8, 4) is 0 Å². The van der Waals surface area contributed by atoms with Crippen LogP contribution in [0.1, 0.15) is 38.5 Å². The predicted molar refractivity (Wildman–Crippen MR) is 64.7 cm³/mol. The predicted octanol–water partition coefficient (Wildman–Crippen LogP) is 0.0500.